The molecule has 2 heteroatoms. The fraction of sp³-hybridized carbons (Fsp3) is 0.346. The molecule has 4 bridgehead atoms. The van der Waals surface area contributed by atoms with Gasteiger partial charge in [-0.2, -0.15) is 0 Å². The van der Waals surface area contributed by atoms with Gasteiger partial charge in [0.2, 0.25) is 0 Å². The van der Waals surface area contributed by atoms with Crippen LogP contribution in [0, 0.1) is 23.7 Å². The second-order valence-electron chi connectivity index (χ2n) is 18.9. The van der Waals surface area contributed by atoms with Crippen molar-refractivity contribution in [2.75, 3.05) is 4.90 Å². The maximum absolute atomic E-state index is 2.56. The maximum Gasteiger partial charge on any atom is 0.0473 e. The van der Waals surface area contributed by atoms with Crippen LogP contribution in [0.4, 0.5) is 17.1 Å². The molecule has 4 saturated carbocycles. The fourth-order valence-corrected chi connectivity index (χ4v) is 13.6. The zero-order valence-corrected chi connectivity index (χ0v) is 33.1. The van der Waals surface area contributed by atoms with Crippen LogP contribution in [-0.4, -0.2) is 0 Å². The summed E-state index contributed by atoms with van der Waals surface area (Å²) in [5.74, 6) is 3.39. The van der Waals surface area contributed by atoms with Crippen molar-refractivity contribution in [2.45, 2.75) is 98.7 Å². The molecule has 0 radical (unpaired) electrons. The summed E-state index contributed by atoms with van der Waals surface area (Å²) in [7, 11) is 0. The van der Waals surface area contributed by atoms with Gasteiger partial charge in [0.05, 0.1) is 0 Å². The summed E-state index contributed by atoms with van der Waals surface area (Å²) in [4.78, 5) is 5.44. The number of nitrogens with zero attached hydrogens (tertiary/aromatic N) is 1. The Morgan fingerprint density at radius 3 is 1.80 bits per heavy atom. The third kappa shape index (κ3) is 4.91. The Labute approximate surface area is 326 Å². The van der Waals surface area contributed by atoms with Gasteiger partial charge in [-0.1, -0.05) is 124 Å². The smallest absolute Gasteiger partial charge is 0.0473 e. The molecular weight excluding hydrogens is 671 g/mol. The number of fused-ring (bicyclic) bond motifs is 4. The van der Waals surface area contributed by atoms with E-state index in [2.05, 4.69) is 160 Å². The largest absolute Gasteiger partial charge is 0.310 e. The van der Waals surface area contributed by atoms with Crippen LogP contribution in [0.2, 0.25) is 0 Å². The van der Waals surface area contributed by atoms with Gasteiger partial charge in [-0.3, -0.25) is 0 Å². The van der Waals surface area contributed by atoms with Crippen molar-refractivity contribution < 1.29 is 0 Å². The van der Waals surface area contributed by atoms with E-state index in [1.54, 1.807) is 11.1 Å². The number of hydrogen-bond acceptors (Lipinski definition) is 2. The SMILES string of the molecule is CC1(C)CCC(C)(C)c2cc(-c3ccc(N(c4ccc5c(c4)Sc4ccccc4C54C5CC6CC(C5)CC4C6)c4ccc5ccccc5c4)cc3)ccc21. The molecule has 6 aromatic carbocycles. The highest BCUT2D eigenvalue weighted by Crippen LogP contribution is 2.69. The van der Waals surface area contributed by atoms with Crippen molar-refractivity contribution >= 4 is 39.6 Å². The summed E-state index contributed by atoms with van der Waals surface area (Å²) in [5.41, 5.74) is 13.0. The Morgan fingerprint density at radius 1 is 0.463 bits per heavy atom. The van der Waals surface area contributed by atoms with Crippen LogP contribution in [0.3, 0.4) is 0 Å². The van der Waals surface area contributed by atoms with Gasteiger partial charge >= 0.3 is 0 Å². The minimum Gasteiger partial charge on any atom is -0.310 e. The highest BCUT2D eigenvalue weighted by atomic mass is 32.2. The Kier molecular flexibility index (Phi) is 7.27. The Balaban J connectivity index is 1.03. The molecule has 5 aliphatic carbocycles. The molecule has 0 unspecified atom stereocenters. The van der Waals surface area contributed by atoms with Crippen LogP contribution in [0.15, 0.2) is 137 Å². The second kappa shape index (κ2) is 11.9. The van der Waals surface area contributed by atoms with Gasteiger partial charge < -0.3 is 4.90 Å². The summed E-state index contributed by atoms with van der Waals surface area (Å²) >= 11 is 2.01. The highest BCUT2D eigenvalue weighted by Gasteiger charge is 2.60. The molecule has 54 heavy (non-hydrogen) atoms. The molecule has 1 heterocycles. The third-order valence-corrected chi connectivity index (χ3v) is 16.1. The van der Waals surface area contributed by atoms with Crippen LogP contribution in [0.25, 0.3) is 21.9 Å². The van der Waals surface area contributed by atoms with Crippen molar-refractivity contribution in [2.24, 2.45) is 23.7 Å². The molecule has 0 saturated heterocycles. The fourth-order valence-electron chi connectivity index (χ4n) is 12.4. The predicted octanol–water partition coefficient (Wildman–Crippen LogP) is 14.5. The number of anilines is 3. The zero-order valence-electron chi connectivity index (χ0n) is 32.2. The molecule has 1 nitrogen and oxygen atoms in total. The standard InChI is InChI=1S/C52H51NS/c1-50(2)23-24-51(3,4)47-31-38(16-21-44(47)50)36-13-17-41(18-14-36)53(42-19-15-35-9-5-6-10-37(35)30-42)43-20-22-46-49(32-43)54-48-12-8-7-11-45(48)52(46)39-26-33-25-34(28-39)29-40(52)27-33/h5-22,30-34,39-40H,23-29H2,1-4H3. The average molecular weight is 722 g/mol. The van der Waals surface area contributed by atoms with Crippen molar-refractivity contribution in [3.63, 3.8) is 0 Å². The first-order chi connectivity index (χ1) is 26.2. The van der Waals surface area contributed by atoms with Crippen molar-refractivity contribution in [3.05, 3.63) is 150 Å². The average Bonchev–Trinajstić information content (AvgIpc) is 3.18. The molecule has 0 amide bonds. The third-order valence-electron chi connectivity index (χ3n) is 15.0. The second-order valence-corrected chi connectivity index (χ2v) is 20.0. The molecule has 4 fully saturated rings. The summed E-state index contributed by atoms with van der Waals surface area (Å²) in [6.07, 6.45) is 9.56. The van der Waals surface area contributed by atoms with Crippen LogP contribution in [-0.2, 0) is 16.2 Å². The van der Waals surface area contributed by atoms with Crippen molar-refractivity contribution in [3.8, 4) is 11.1 Å². The molecule has 1 spiro atoms. The van der Waals surface area contributed by atoms with E-state index in [9.17, 15) is 0 Å². The molecule has 12 rings (SSSR count). The topological polar surface area (TPSA) is 3.24 Å². The first-order valence-corrected chi connectivity index (χ1v) is 21.5. The lowest BCUT2D eigenvalue weighted by atomic mass is 9.42. The Morgan fingerprint density at radius 2 is 1.04 bits per heavy atom. The van der Waals surface area contributed by atoms with E-state index < -0.39 is 0 Å². The Bertz CT molecular complexity index is 2420. The summed E-state index contributed by atoms with van der Waals surface area (Å²) < 4.78 is 0. The monoisotopic (exact) mass is 721 g/mol. The summed E-state index contributed by atoms with van der Waals surface area (Å²) in [6.45, 7) is 9.68. The normalized spacial score (nSPS) is 26.7. The number of hydrogen-bond donors (Lipinski definition) is 0. The predicted molar refractivity (Wildman–Crippen MR) is 228 cm³/mol. The van der Waals surface area contributed by atoms with Gasteiger partial charge in [-0.15, -0.1) is 0 Å². The van der Waals surface area contributed by atoms with E-state index in [0.717, 1.165) is 23.7 Å². The molecule has 6 aromatic rings. The minimum atomic E-state index is 0.150. The van der Waals surface area contributed by atoms with Crippen LogP contribution >= 0.6 is 11.8 Å². The van der Waals surface area contributed by atoms with Crippen LogP contribution in [0.5, 0.6) is 0 Å². The first-order valence-electron chi connectivity index (χ1n) is 20.6. The lowest BCUT2D eigenvalue weighted by molar-refractivity contribution is -0.0443. The molecule has 6 aliphatic rings. The molecule has 0 N–H and O–H groups in total. The van der Waals surface area contributed by atoms with Gasteiger partial charge in [0.1, 0.15) is 0 Å². The van der Waals surface area contributed by atoms with Crippen LogP contribution in [0.1, 0.15) is 94.9 Å². The van der Waals surface area contributed by atoms with E-state index in [-0.39, 0.29) is 16.2 Å². The zero-order chi connectivity index (χ0) is 36.4. The maximum atomic E-state index is 2.56. The molecule has 270 valence electrons. The molecular formula is C52H51NS. The molecule has 1 aliphatic heterocycles. The lowest BCUT2D eigenvalue weighted by Crippen LogP contribution is -2.57. The number of benzene rings is 6. The summed E-state index contributed by atoms with van der Waals surface area (Å²) in [6, 6.07) is 49.4. The van der Waals surface area contributed by atoms with Gasteiger partial charge in [-0.05, 0) is 166 Å². The van der Waals surface area contributed by atoms with E-state index in [4.69, 9.17) is 0 Å². The first kappa shape index (κ1) is 33.1. The summed E-state index contributed by atoms with van der Waals surface area (Å²) in [5, 5.41) is 2.54. The highest BCUT2D eigenvalue weighted by molar-refractivity contribution is 7.99. The Hall–Kier alpha value is -4.27. The van der Waals surface area contributed by atoms with E-state index in [1.165, 1.54) is 105 Å². The van der Waals surface area contributed by atoms with E-state index >= 15 is 0 Å². The van der Waals surface area contributed by atoms with E-state index in [0.29, 0.717) is 0 Å². The minimum absolute atomic E-state index is 0.150. The molecule has 0 atom stereocenters. The van der Waals surface area contributed by atoms with Gasteiger partial charge in [0.25, 0.3) is 0 Å². The number of rotatable bonds is 4. The van der Waals surface area contributed by atoms with E-state index in [1.807, 2.05) is 11.8 Å². The van der Waals surface area contributed by atoms with Gasteiger partial charge in [-0.25, -0.2) is 0 Å². The van der Waals surface area contributed by atoms with Crippen molar-refractivity contribution in [1.82, 2.24) is 0 Å². The van der Waals surface area contributed by atoms with Gasteiger partial charge in [0.15, 0.2) is 0 Å². The van der Waals surface area contributed by atoms with Crippen molar-refractivity contribution in [1.29, 1.82) is 0 Å². The lowest BCUT2D eigenvalue weighted by Gasteiger charge is -2.63. The quantitative estimate of drug-likeness (QED) is 0.178. The molecule has 0 aromatic heterocycles. The van der Waals surface area contributed by atoms with Crippen LogP contribution < -0.4 is 4.90 Å². The van der Waals surface area contributed by atoms with Gasteiger partial charge in [0, 0.05) is 32.3 Å².